The van der Waals surface area contributed by atoms with Gasteiger partial charge in [0, 0.05) is 23.5 Å². The van der Waals surface area contributed by atoms with E-state index >= 15 is 0 Å². The molecule has 1 fully saturated rings. The van der Waals surface area contributed by atoms with Crippen LogP contribution >= 0.6 is 11.3 Å². The summed E-state index contributed by atoms with van der Waals surface area (Å²) in [6.45, 7) is 3.29. The summed E-state index contributed by atoms with van der Waals surface area (Å²) in [6.07, 6.45) is 8.80. The minimum Gasteiger partial charge on any atom is -0.332 e. The van der Waals surface area contributed by atoms with Gasteiger partial charge in [0.1, 0.15) is 6.54 Å². The molecule has 1 aliphatic rings. The molecule has 2 amide bonds. The molecule has 1 aliphatic carbocycles. The number of carbonyl (C=O) groups excluding carboxylic acids is 2. The molecule has 0 saturated heterocycles. The van der Waals surface area contributed by atoms with Gasteiger partial charge in [-0.15, -0.1) is 11.3 Å². The van der Waals surface area contributed by atoms with E-state index in [1.807, 2.05) is 76.5 Å². The van der Waals surface area contributed by atoms with Gasteiger partial charge >= 0.3 is 0 Å². The van der Waals surface area contributed by atoms with E-state index in [0.29, 0.717) is 13.1 Å². The van der Waals surface area contributed by atoms with E-state index in [4.69, 9.17) is 0 Å². The molecule has 4 nitrogen and oxygen atoms in total. The van der Waals surface area contributed by atoms with Crippen LogP contribution in [0.1, 0.15) is 53.7 Å². The number of aryl methyl sites for hydroxylation is 1. The van der Waals surface area contributed by atoms with Crippen LogP contribution in [0.5, 0.6) is 0 Å². The standard InChI is InChI=1S/C30H34N2O2S/c1-24-19-20-35-28(24)22-31(21-26-13-7-3-8-14-26)30(34)23-32(27-15-9-4-10-16-27)29(33)18-17-25-11-5-2-6-12-25/h2-3,5-8,11-14,17-20,27H,4,9-10,15-16,21-23H2,1H3. The lowest BCUT2D eigenvalue weighted by molar-refractivity contribution is -0.141. The fourth-order valence-corrected chi connectivity index (χ4v) is 5.55. The summed E-state index contributed by atoms with van der Waals surface area (Å²) in [5.74, 6) is -0.0882. The number of benzene rings is 2. The minimum atomic E-state index is -0.0823. The maximum absolute atomic E-state index is 13.7. The molecule has 0 N–H and O–H groups in total. The Morgan fingerprint density at radius 3 is 2.26 bits per heavy atom. The first-order valence-corrected chi connectivity index (χ1v) is 13.4. The minimum absolute atomic E-state index is 0.00584. The van der Waals surface area contributed by atoms with Crippen LogP contribution in [0.4, 0.5) is 0 Å². The van der Waals surface area contributed by atoms with Crippen LogP contribution in [0.15, 0.2) is 78.2 Å². The molecule has 0 radical (unpaired) electrons. The van der Waals surface area contributed by atoms with E-state index < -0.39 is 0 Å². The van der Waals surface area contributed by atoms with E-state index in [-0.39, 0.29) is 24.4 Å². The van der Waals surface area contributed by atoms with E-state index in [0.717, 1.165) is 36.8 Å². The fraction of sp³-hybridized carbons (Fsp3) is 0.333. The zero-order valence-electron chi connectivity index (χ0n) is 20.4. The van der Waals surface area contributed by atoms with E-state index in [2.05, 4.69) is 18.4 Å². The van der Waals surface area contributed by atoms with Crippen molar-refractivity contribution in [2.75, 3.05) is 6.54 Å². The van der Waals surface area contributed by atoms with Gasteiger partial charge in [0.2, 0.25) is 11.8 Å². The lowest BCUT2D eigenvalue weighted by Gasteiger charge is -2.35. The molecule has 0 unspecified atom stereocenters. The zero-order valence-corrected chi connectivity index (χ0v) is 21.3. The van der Waals surface area contributed by atoms with Crippen molar-refractivity contribution >= 4 is 29.2 Å². The lowest BCUT2D eigenvalue weighted by atomic mass is 9.94. The van der Waals surface area contributed by atoms with Crippen LogP contribution in [0, 0.1) is 6.92 Å². The van der Waals surface area contributed by atoms with Crippen molar-refractivity contribution in [3.63, 3.8) is 0 Å². The summed E-state index contributed by atoms with van der Waals surface area (Å²) >= 11 is 1.68. The first-order chi connectivity index (χ1) is 17.1. The van der Waals surface area contributed by atoms with Gasteiger partial charge in [-0.1, -0.05) is 79.9 Å². The third-order valence-electron chi connectivity index (χ3n) is 6.69. The normalized spacial score (nSPS) is 14.2. The number of hydrogen-bond donors (Lipinski definition) is 0. The van der Waals surface area contributed by atoms with Crippen LogP contribution in [0.3, 0.4) is 0 Å². The fourth-order valence-electron chi connectivity index (χ4n) is 4.63. The highest BCUT2D eigenvalue weighted by molar-refractivity contribution is 7.10. The van der Waals surface area contributed by atoms with Crippen molar-refractivity contribution in [1.82, 2.24) is 9.80 Å². The van der Waals surface area contributed by atoms with Gasteiger partial charge in [-0.2, -0.15) is 0 Å². The number of hydrogen-bond acceptors (Lipinski definition) is 3. The highest BCUT2D eigenvalue weighted by Crippen LogP contribution is 2.24. The quantitative estimate of drug-likeness (QED) is 0.326. The molecule has 1 saturated carbocycles. The largest absolute Gasteiger partial charge is 0.332 e. The van der Waals surface area contributed by atoms with Crippen molar-refractivity contribution in [2.24, 2.45) is 0 Å². The molecule has 0 spiro atoms. The summed E-state index contributed by atoms with van der Waals surface area (Å²) in [5, 5.41) is 2.07. The Bertz CT molecular complexity index is 1120. The second-order valence-electron chi connectivity index (χ2n) is 9.26. The monoisotopic (exact) mass is 486 g/mol. The van der Waals surface area contributed by atoms with E-state index in [1.54, 1.807) is 17.4 Å². The number of rotatable bonds is 9. The van der Waals surface area contributed by atoms with Gasteiger partial charge in [0.25, 0.3) is 0 Å². The Kier molecular flexibility index (Phi) is 8.90. The predicted octanol–water partition coefficient (Wildman–Crippen LogP) is 6.46. The predicted molar refractivity (Wildman–Crippen MR) is 144 cm³/mol. The third kappa shape index (κ3) is 7.15. The second-order valence-corrected chi connectivity index (χ2v) is 10.3. The Morgan fingerprint density at radius 2 is 1.60 bits per heavy atom. The number of thiophene rings is 1. The van der Waals surface area contributed by atoms with E-state index in [1.165, 1.54) is 16.9 Å². The highest BCUT2D eigenvalue weighted by atomic mass is 32.1. The molecule has 2 aromatic carbocycles. The molecule has 182 valence electrons. The van der Waals surface area contributed by atoms with Crippen molar-refractivity contribution < 1.29 is 9.59 Å². The summed E-state index contributed by atoms with van der Waals surface area (Å²) in [7, 11) is 0. The van der Waals surface area contributed by atoms with Crippen LogP contribution in [-0.4, -0.2) is 34.2 Å². The molecule has 5 heteroatoms. The number of amides is 2. The molecule has 4 rings (SSSR count). The van der Waals surface area contributed by atoms with Gasteiger partial charge < -0.3 is 9.80 Å². The number of carbonyl (C=O) groups is 2. The van der Waals surface area contributed by atoms with Gasteiger partial charge in [0.15, 0.2) is 0 Å². The van der Waals surface area contributed by atoms with Gasteiger partial charge in [-0.3, -0.25) is 9.59 Å². The molecule has 0 atom stereocenters. The summed E-state index contributed by atoms with van der Waals surface area (Å²) in [4.78, 5) is 32.0. The molecule has 0 bridgehead atoms. The third-order valence-corrected chi connectivity index (χ3v) is 7.70. The number of nitrogens with zero attached hydrogens (tertiary/aromatic N) is 2. The average Bonchev–Trinajstić information content (AvgIpc) is 3.31. The van der Waals surface area contributed by atoms with Crippen LogP contribution in [0.2, 0.25) is 0 Å². The first kappa shape index (κ1) is 24.9. The maximum atomic E-state index is 13.7. The van der Waals surface area contributed by atoms with Gasteiger partial charge in [0.05, 0.1) is 6.54 Å². The molecule has 1 aromatic heterocycles. The summed E-state index contributed by atoms with van der Waals surface area (Å²) < 4.78 is 0. The zero-order chi connectivity index (χ0) is 24.5. The SMILES string of the molecule is Cc1ccsc1CN(Cc1ccccc1)C(=O)CN(C(=O)C=Cc1ccccc1)C1CCCCC1. The Morgan fingerprint density at radius 1 is 0.914 bits per heavy atom. The maximum Gasteiger partial charge on any atom is 0.247 e. The van der Waals surface area contributed by atoms with Gasteiger partial charge in [-0.05, 0) is 54.0 Å². The van der Waals surface area contributed by atoms with Crippen molar-refractivity contribution in [3.05, 3.63) is 99.8 Å². The molecular formula is C30H34N2O2S. The lowest BCUT2D eigenvalue weighted by Crippen LogP contribution is -2.47. The average molecular weight is 487 g/mol. The summed E-state index contributed by atoms with van der Waals surface area (Å²) in [6, 6.07) is 22.1. The molecule has 0 aliphatic heterocycles. The second kappa shape index (κ2) is 12.5. The van der Waals surface area contributed by atoms with Crippen LogP contribution in [0.25, 0.3) is 6.08 Å². The smallest absolute Gasteiger partial charge is 0.247 e. The van der Waals surface area contributed by atoms with Crippen LogP contribution < -0.4 is 0 Å². The highest BCUT2D eigenvalue weighted by Gasteiger charge is 2.28. The molecule has 35 heavy (non-hydrogen) atoms. The van der Waals surface area contributed by atoms with Crippen molar-refractivity contribution in [1.29, 1.82) is 0 Å². The van der Waals surface area contributed by atoms with Crippen molar-refractivity contribution in [2.45, 2.75) is 58.2 Å². The molecular weight excluding hydrogens is 452 g/mol. The Hall–Kier alpha value is -3.18. The summed E-state index contributed by atoms with van der Waals surface area (Å²) in [5.41, 5.74) is 3.27. The Labute approximate surface area is 212 Å². The topological polar surface area (TPSA) is 40.6 Å². The molecule has 3 aromatic rings. The van der Waals surface area contributed by atoms with Crippen LogP contribution in [-0.2, 0) is 22.7 Å². The van der Waals surface area contributed by atoms with Crippen molar-refractivity contribution in [3.8, 4) is 0 Å². The Balaban J connectivity index is 1.54. The van der Waals surface area contributed by atoms with Gasteiger partial charge in [-0.25, -0.2) is 0 Å². The van der Waals surface area contributed by atoms with E-state index in [9.17, 15) is 9.59 Å². The first-order valence-electron chi connectivity index (χ1n) is 12.5. The molecule has 1 heterocycles.